The molecule has 0 bridgehead atoms. The van der Waals surface area contributed by atoms with Crippen LogP contribution in [0.2, 0.25) is 0 Å². The molecule has 13 heavy (non-hydrogen) atoms. The third-order valence-electron chi connectivity index (χ3n) is 1.57. The molecule has 0 unspecified atom stereocenters. The standard InChI is InChI=1S/C8H8BrFO2S/c1-13(11,12)8-3-2-7(10)4-6(8)5-9/h2-4H,5H2,1H3. The largest absolute Gasteiger partial charge is 0.224 e. The molecule has 0 saturated heterocycles. The fourth-order valence-electron chi connectivity index (χ4n) is 1.01. The van der Waals surface area contributed by atoms with E-state index in [0.29, 0.717) is 10.9 Å². The van der Waals surface area contributed by atoms with E-state index < -0.39 is 15.7 Å². The van der Waals surface area contributed by atoms with Gasteiger partial charge < -0.3 is 0 Å². The Kier molecular flexibility index (Phi) is 3.08. The lowest BCUT2D eigenvalue weighted by Gasteiger charge is -2.04. The van der Waals surface area contributed by atoms with Gasteiger partial charge in [-0.2, -0.15) is 0 Å². The zero-order valence-electron chi connectivity index (χ0n) is 6.92. The number of hydrogen-bond acceptors (Lipinski definition) is 2. The molecule has 72 valence electrons. The highest BCUT2D eigenvalue weighted by Crippen LogP contribution is 2.19. The SMILES string of the molecule is CS(=O)(=O)c1ccc(F)cc1CBr. The Balaban J connectivity index is 3.39. The zero-order valence-corrected chi connectivity index (χ0v) is 9.32. The molecule has 5 heteroatoms. The summed E-state index contributed by atoms with van der Waals surface area (Å²) in [4.78, 5) is 0.172. The van der Waals surface area contributed by atoms with Crippen molar-refractivity contribution < 1.29 is 12.8 Å². The van der Waals surface area contributed by atoms with Gasteiger partial charge in [-0.1, -0.05) is 15.9 Å². The smallest absolute Gasteiger partial charge is 0.175 e. The van der Waals surface area contributed by atoms with E-state index in [1.807, 2.05) is 0 Å². The number of hydrogen-bond donors (Lipinski definition) is 0. The van der Waals surface area contributed by atoms with Gasteiger partial charge in [0.05, 0.1) is 4.90 Å². The van der Waals surface area contributed by atoms with Crippen LogP contribution in [0.15, 0.2) is 23.1 Å². The lowest BCUT2D eigenvalue weighted by atomic mass is 10.2. The summed E-state index contributed by atoms with van der Waals surface area (Å²) in [6.07, 6.45) is 1.10. The van der Waals surface area contributed by atoms with Gasteiger partial charge in [0.1, 0.15) is 5.82 Å². The number of halogens is 2. The van der Waals surface area contributed by atoms with Crippen molar-refractivity contribution in [2.45, 2.75) is 10.2 Å². The van der Waals surface area contributed by atoms with Crippen LogP contribution in [0, 0.1) is 5.82 Å². The van der Waals surface area contributed by atoms with Crippen molar-refractivity contribution in [3.63, 3.8) is 0 Å². The van der Waals surface area contributed by atoms with E-state index in [0.717, 1.165) is 12.3 Å². The summed E-state index contributed by atoms with van der Waals surface area (Å²) >= 11 is 3.10. The van der Waals surface area contributed by atoms with Crippen molar-refractivity contribution in [3.05, 3.63) is 29.6 Å². The van der Waals surface area contributed by atoms with Crippen LogP contribution in [-0.4, -0.2) is 14.7 Å². The van der Waals surface area contributed by atoms with Crippen molar-refractivity contribution >= 4 is 25.8 Å². The maximum absolute atomic E-state index is 12.7. The van der Waals surface area contributed by atoms with Gasteiger partial charge in [0.25, 0.3) is 0 Å². The zero-order chi connectivity index (χ0) is 10.1. The van der Waals surface area contributed by atoms with Crippen LogP contribution in [0.3, 0.4) is 0 Å². The fraction of sp³-hybridized carbons (Fsp3) is 0.250. The highest BCUT2D eigenvalue weighted by atomic mass is 79.9. The number of alkyl halides is 1. The molecule has 0 aliphatic carbocycles. The summed E-state index contributed by atoms with van der Waals surface area (Å²) in [5, 5.41) is 0.327. The molecule has 0 spiro atoms. The molecule has 0 atom stereocenters. The third-order valence-corrected chi connectivity index (χ3v) is 3.37. The quantitative estimate of drug-likeness (QED) is 0.607. The molecule has 0 aliphatic rings. The number of benzene rings is 1. The van der Waals surface area contributed by atoms with E-state index in [4.69, 9.17) is 0 Å². The maximum atomic E-state index is 12.7. The molecule has 0 fully saturated rings. The molecule has 0 heterocycles. The highest BCUT2D eigenvalue weighted by molar-refractivity contribution is 9.08. The fourth-order valence-corrected chi connectivity index (χ4v) is 2.59. The van der Waals surface area contributed by atoms with Crippen LogP contribution in [0.1, 0.15) is 5.56 Å². The predicted molar refractivity (Wildman–Crippen MR) is 52.1 cm³/mol. The molecule has 0 N–H and O–H groups in total. The minimum atomic E-state index is -3.26. The van der Waals surface area contributed by atoms with Gasteiger partial charge in [0, 0.05) is 11.6 Å². The van der Waals surface area contributed by atoms with Crippen LogP contribution in [0.4, 0.5) is 4.39 Å². The first-order valence-corrected chi connectivity index (χ1v) is 6.51. The van der Waals surface area contributed by atoms with Crippen LogP contribution < -0.4 is 0 Å². The second-order valence-electron chi connectivity index (χ2n) is 2.66. The van der Waals surface area contributed by atoms with Crippen LogP contribution >= 0.6 is 15.9 Å². The number of rotatable bonds is 2. The Labute approximate surface area is 84.8 Å². The molecule has 1 rings (SSSR count). The van der Waals surface area contributed by atoms with Gasteiger partial charge in [-0.3, -0.25) is 0 Å². The van der Waals surface area contributed by atoms with E-state index in [2.05, 4.69) is 15.9 Å². The van der Waals surface area contributed by atoms with Gasteiger partial charge in [0.15, 0.2) is 9.84 Å². The lowest BCUT2D eigenvalue weighted by Crippen LogP contribution is -2.01. The Hall–Kier alpha value is -0.420. The van der Waals surface area contributed by atoms with Crippen molar-refractivity contribution in [3.8, 4) is 0 Å². The van der Waals surface area contributed by atoms with E-state index in [1.54, 1.807) is 0 Å². The van der Waals surface area contributed by atoms with Crippen molar-refractivity contribution in [2.24, 2.45) is 0 Å². The van der Waals surface area contributed by atoms with E-state index in [-0.39, 0.29) is 4.90 Å². The summed E-state index contributed by atoms with van der Waals surface area (Å²) < 4.78 is 35.1. The summed E-state index contributed by atoms with van der Waals surface area (Å²) in [5.41, 5.74) is 0.447. The second-order valence-corrected chi connectivity index (χ2v) is 5.20. The molecular weight excluding hydrogens is 259 g/mol. The van der Waals surface area contributed by atoms with Crippen molar-refractivity contribution in [1.29, 1.82) is 0 Å². The van der Waals surface area contributed by atoms with E-state index >= 15 is 0 Å². The molecule has 2 nitrogen and oxygen atoms in total. The van der Waals surface area contributed by atoms with E-state index in [1.165, 1.54) is 12.1 Å². The lowest BCUT2D eigenvalue weighted by molar-refractivity contribution is 0.599. The molecule has 1 aromatic rings. The molecule has 1 aromatic carbocycles. The summed E-state index contributed by atoms with van der Waals surface area (Å²) in [5.74, 6) is -0.429. The van der Waals surface area contributed by atoms with Crippen LogP contribution in [0.25, 0.3) is 0 Å². The maximum Gasteiger partial charge on any atom is 0.175 e. The topological polar surface area (TPSA) is 34.1 Å². The third kappa shape index (κ3) is 2.51. The average molecular weight is 267 g/mol. The minimum absolute atomic E-state index is 0.172. The summed E-state index contributed by atoms with van der Waals surface area (Å²) in [6, 6.07) is 3.63. The van der Waals surface area contributed by atoms with Crippen LogP contribution in [-0.2, 0) is 15.2 Å². The van der Waals surface area contributed by atoms with Gasteiger partial charge in [-0.05, 0) is 23.8 Å². The molecular formula is C8H8BrFO2S. The molecule has 0 saturated carbocycles. The average Bonchev–Trinajstić information content (AvgIpc) is 2.01. The second kappa shape index (κ2) is 3.75. The monoisotopic (exact) mass is 266 g/mol. The molecule has 0 aromatic heterocycles. The van der Waals surface area contributed by atoms with Gasteiger partial charge >= 0.3 is 0 Å². The Morgan fingerprint density at radius 3 is 2.54 bits per heavy atom. The first-order chi connectivity index (χ1) is 5.95. The predicted octanol–water partition coefficient (Wildman–Crippen LogP) is 2.12. The van der Waals surface area contributed by atoms with E-state index in [9.17, 15) is 12.8 Å². The molecule has 0 aliphatic heterocycles. The minimum Gasteiger partial charge on any atom is -0.224 e. The van der Waals surface area contributed by atoms with Crippen LogP contribution in [0.5, 0.6) is 0 Å². The first kappa shape index (κ1) is 10.7. The van der Waals surface area contributed by atoms with Crippen molar-refractivity contribution in [1.82, 2.24) is 0 Å². The van der Waals surface area contributed by atoms with Gasteiger partial charge in [-0.25, -0.2) is 12.8 Å². The van der Waals surface area contributed by atoms with Gasteiger partial charge in [0.2, 0.25) is 0 Å². The highest BCUT2D eigenvalue weighted by Gasteiger charge is 2.12. The van der Waals surface area contributed by atoms with Crippen molar-refractivity contribution in [2.75, 3.05) is 6.26 Å². The normalized spacial score (nSPS) is 11.6. The Morgan fingerprint density at radius 2 is 2.08 bits per heavy atom. The Bertz CT molecular complexity index is 414. The first-order valence-electron chi connectivity index (χ1n) is 3.49. The molecule has 0 radical (unpaired) electrons. The molecule has 0 amide bonds. The summed E-state index contributed by atoms with van der Waals surface area (Å²) in [7, 11) is -3.26. The summed E-state index contributed by atoms with van der Waals surface area (Å²) in [6.45, 7) is 0. The number of sulfone groups is 1. The Morgan fingerprint density at radius 1 is 1.46 bits per heavy atom. The van der Waals surface area contributed by atoms with Gasteiger partial charge in [-0.15, -0.1) is 0 Å².